The molecular formula is C26H29Br2N3O2. The van der Waals surface area contributed by atoms with Crippen LogP contribution in [-0.4, -0.2) is 42.6 Å². The van der Waals surface area contributed by atoms with Crippen LogP contribution in [0, 0.1) is 6.92 Å². The fraction of sp³-hybridized carbons (Fsp3) is 0.308. The van der Waals surface area contributed by atoms with E-state index in [4.69, 9.17) is 9.47 Å². The lowest BCUT2D eigenvalue weighted by atomic mass is 10.1. The molecule has 2 aromatic carbocycles. The second-order valence-electron chi connectivity index (χ2n) is 7.96. The number of benzene rings is 2. The molecule has 0 aliphatic carbocycles. The Balaban J connectivity index is 1.53. The zero-order valence-corrected chi connectivity index (χ0v) is 22.2. The first-order valence-corrected chi connectivity index (χ1v) is 12.8. The Morgan fingerprint density at radius 3 is 2.36 bits per heavy atom. The summed E-state index contributed by atoms with van der Waals surface area (Å²) in [5.41, 5.74) is 3.63. The number of nitrogens with zero attached hydrogens (tertiary/aromatic N) is 2. The van der Waals surface area contributed by atoms with Crippen molar-refractivity contribution in [1.29, 1.82) is 0 Å². The maximum absolute atomic E-state index is 6.13. The second-order valence-corrected chi connectivity index (χ2v) is 9.61. The molecule has 174 valence electrons. The van der Waals surface area contributed by atoms with E-state index < -0.39 is 0 Å². The van der Waals surface area contributed by atoms with Gasteiger partial charge >= 0.3 is 0 Å². The van der Waals surface area contributed by atoms with Gasteiger partial charge in [-0.3, -0.25) is 0 Å². The molecule has 1 fully saturated rings. The molecule has 4 rings (SSSR count). The molecule has 0 bridgehead atoms. The first-order chi connectivity index (χ1) is 16.1. The van der Waals surface area contributed by atoms with Crippen molar-refractivity contribution in [2.75, 3.05) is 32.8 Å². The maximum atomic E-state index is 6.13. The highest BCUT2D eigenvalue weighted by Gasteiger charge is 2.30. The largest absolute Gasteiger partial charge is 0.490 e. The van der Waals surface area contributed by atoms with Crippen LogP contribution >= 0.6 is 31.9 Å². The van der Waals surface area contributed by atoms with Gasteiger partial charge in [0.05, 0.1) is 23.3 Å². The zero-order valence-electron chi connectivity index (χ0n) is 19.0. The van der Waals surface area contributed by atoms with E-state index >= 15 is 0 Å². The number of nitrogens with one attached hydrogen (secondary N) is 1. The Morgan fingerprint density at radius 1 is 0.939 bits per heavy atom. The molecule has 1 saturated heterocycles. The average molecular weight is 575 g/mol. The minimum absolute atomic E-state index is 0.567. The third-order valence-corrected chi connectivity index (χ3v) is 7.63. The highest BCUT2D eigenvalue weighted by atomic mass is 79.9. The fourth-order valence-corrected chi connectivity index (χ4v) is 4.74. The summed E-state index contributed by atoms with van der Waals surface area (Å²) < 4.78 is 13.9. The Bertz CT molecular complexity index is 1060. The average Bonchev–Trinajstić information content (AvgIpc) is 3.20. The molecule has 0 aromatic heterocycles. The van der Waals surface area contributed by atoms with Crippen LogP contribution < -0.4 is 14.8 Å². The summed E-state index contributed by atoms with van der Waals surface area (Å²) in [7, 11) is 0. The van der Waals surface area contributed by atoms with E-state index in [9.17, 15) is 0 Å². The molecule has 0 amide bonds. The number of hydrogen-bond donors (Lipinski definition) is 1. The quantitative estimate of drug-likeness (QED) is 0.426. The smallest absolute Gasteiger partial charge is 0.161 e. The van der Waals surface area contributed by atoms with Gasteiger partial charge in [0, 0.05) is 30.3 Å². The molecule has 2 aliphatic heterocycles. The summed E-state index contributed by atoms with van der Waals surface area (Å²) >= 11 is 7.43. The van der Waals surface area contributed by atoms with E-state index in [2.05, 4.69) is 78.2 Å². The molecule has 2 aromatic rings. The third-order valence-electron chi connectivity index (χ3n) is 5.61. The monoisotopic (exact) mass is 573 g/mol. The van der Waals surface area contributed by atoms with Crippen LogP contribution in [0.25, 0.3) is 0 Å². The first kappa shape index (κ1) is 23.8. The molecule has 7 heteroatoms. The lowest BCUT2D eigenvalue weighted by Gasteiger charge is -2.29. The normalized spacial score (nSPS) is 18.1. The predicted octanol–water partition coefficient (Wildman–Crippen LogP) is 5.88. The van der Waals surface area contributed by atoms with Crippen LogP contribution in [0.15, 0.2) is 81.3 Å². The number of dihydropyridines is 1. The zero-order chi connectivity index (χ0) is 23.2. The molecule has 0 saturated carbocycles. The Hall–Kier alpha value is -2.38. The van der Waals surface area contributed by atoms with Crippen LogP contribution in [0.4, 0.5) is 0 Å². The number of halogens is 2. The van der Waals surface area contributed by atoms with E-state index in [1.165, 1.54) is 16.9 Å². The standard InChI is InChI=1S/C26H29Br2N3O2/c1-3-32-22-6-4-5-7-23(22)33-17-16-30-14-15-31(18-20-10-8-19(2)9-11-20)26(30)25-24(28)21(27)12-13-29-25/h4-13,29H,3,14-18H2,1-2H3. The van der Waals surface area contributed by atoms with Gasteiger partial charge < -0.3 is 24.6 Å². The third kappa shape index (κ3) is 5.76. The van der Waals surface area contributed by atoms with Gasteiger partial charge in [-0.25, -0.2) is 0 Å². The number of rotatable bonds is 8. The van der Waals surface area contributed by atoms with Crippen molar-refractivity contribution in [2.24, 2.45) is 0 Å². The first-order valence-electron chi connectivity index (χ1n) is 11.2. The van der Waals surface area contributed by atoms with E-state index in [1.54, 1.807) is 0 Å². The van der Waals surface area contributed by atoms with Gasteiger partial charge in [-0.15, -0.1) is 0 Å². The van der Waals surface area contributed by atoms with Crippen molar-refractivity contribution in [3.05, 3.63) is 92.4 Å². The Kier molecular flexibility index (Phi) is 8.04. The fourth-order valence-electron chi connectivity index (χ4n) is 3.98. The van der Waals surface area contributed by atoms with E-state index in [0.29, 0.717) is 13.2 Å². The number of hydrogen-bond acceptors (Lipinski definition) is 5. The number of allylic oxidation sites excluding steroid dienone is 3. The molecular weight excluding hydrogens is 546 g/mol. The van der Waals surface area contributed by atoms with E-state index in [0.717, 1.165) is 52.3 Å². The molecule has 2 aliphatic rings. The molecule has 0 spiro atoms. The van der Waals surface area contributed by atoms with Gasteiger partial charge in [0.25, 0.3) is 0 Å². The predicted molar refractivity (Wildman–Crippen MR) is 140 cm³/mol. The molecule has 1 N–H and O–H groups in total. The topological polar surface area (TPSA) is 37.0 Å². The Morgan fingerprint density at radius 2 is 1.64 bits per heavy atom. The van der Waals surface area contributed by atoms with Crippen molar-refractivity contribution in [3.8, 4) is 11.5 Å². The highest BCUT2D eigenvalue weighted by molar-refractivity contribution is 9.14. The highest BCUT2D eigenvalue weighted by Crippen LogP contribution is 2.34. The van der Waals surface area contributed by atoms with Crippen LogP contribution in [0.1, 0.15) is 18.1 Å². The van der Waals surface area contributed by atoms with E-state index in [-0.39, 0.29) is 0 Å². The summed E-state index contributed by atoms with van der Waals surface area (Å²) in [6, 6.07) is 16.6. The summed E-state index contributed by atoms with van der Waals surface area (Å²) in [5.74, 6) is 2.74. The van der Waals surface area contributed by atoms with Crippen LogP contribution in [0.2, 0.25) is 0 Å². The van der Waals surface area contributed by atoms with Crippen molar-refractivity contribution in [1.82, 2.24) is 15.1 Å². The summed E-state index contributed by atoms with van der Waals surface area (Å²) in [4.78, 5) is 4.82. The molecule has 0 radical (unpaired) electrons. The molecule has 0 atom stereocenters. The van der Waals surface area contributed by atoms with Gasteiger partial charge in [-0.2, -0.15) is 0 Å². The molecule has 2 heterocycles. The Labute approximate surface area is 213 Å². The van der Waals surface area contributed by atoms with Gasteiger partial charge in [0.1, 0.15) is 12.4 Å². The lowest BCUT2D eigenvalue weighted by molar-refractivity contribution is 0.233. The van der Waals surface area contributed by atoms with Crippen LogP contribution in [0.5, 0.6) is 11.5 Å². The number of aryl methyl sites for hydroxylation is 1. The number of ether oxygens (including phenoxy) is 2. The van der Waals surface area contributed by atoms with Gasteiger partial charge in [0.2, 0.25) is 0 Å². The van der Waals surface area contributed by atoms with Crippen molar-refractivity contribution in [3.63, 3.8) is 0 Å². The van der Waals surface area contributed by atoms with E-state index in [1.807, 2.05) is 43.5 Å². The molecule has 0 unspecified atom stereocenters. The van der Waals surface area contributed by atoms with Crippen molar-refractivity contribution < 1.29 is 9.47 Å². The minimum Gasteiger partial charge on any atom is -0.490 e. The van der Waals surface area contributed by atoms with Gasteiger partial charge in [-0.1, -0.05) is 42.0 Å². The molecule has 5 nitrogen and oxygen atoms in total. The number of para-hydroxylation sites is 2. The van der Waals surface area contributed by atoms with Crippen LogP contribution in [-0.2, 0) is 6.54 Å². The lowest BCUT2D eigenvalue weighted by Crippen LogP contribution is -2.31. The summed E-state index contributed by atoms with van der Waals surface area (Å²) in [5, 5.41) is 3.45. The SMILES string of the molecule is CCOc1ccccc1OCCN1CCN(Cc2ccc(C)cc2)C1=C1NC=CC(Br)=C1Br. The van der Waals surface area contributed by atoms with Gasteiger partial charge in [-0.05, 0) is 69.5 Å². The van der Waals surface area contributed by atoms with Crippen LogP contribution in [0.3, 0.4) is 0 Å². The minimum atomic E-state index is 0.567. The summed E-state index contributed by atoms with van der Waals surface area (Å²) in [6.07, 6.45) is 3.97. The van der Waals surface area contributed by atoms with Gasteiger partial charge in [0.15, 0.2) is 11.5 Å². The molecule has 33 heavy (non-hydrogen) atoms. The van der Waals surface area contributed by atoms with Crippen molar-refractivity contribution in [2.45, 2.75) is 20.4 Å². The van der Waals surface area contributed by atoms with Crippen molar-refractivity contribution >= 4 is 31.9 Å². The second kappa shape index (κ2) is 11.2. The summed E-state index contributed by atoms with van der Waals surface area (Å²) in [6.45, 7) is 8.80. The maximum Gasteiger partial charge on any atom is 0.161 e.